The van der Waals surface area contributed by atoms with Gasteiger partial charge in [0.15, 0.2) is 5.58 Å². The van der Waals surface area contributed by atoms with E-state index < -0.39 is 0 Å². The monoisotopic (exact) mass is 287 g/mol. The predicted molar refractivity (Wildman–Crippen MR) is 81.0 cm³/mol. The van der Waals surface area contributed by atoms with E-state index in [0.29, 0.717) is 12.5 Å². The largest absolute Gasteiger partial charge is 0.356 e. The van der Waals surface area contributed by atoms with E-state index >= 15 is 0 Å². The number of urea groups is 1. The van der Waals surface area contributed by atoms with E-state index in [-0.39, 0.29) is 6.03 Å². The minimum Gasteiger partial charge on any atom is -0.356 e. The highest BCUT2D eigenvalue weighted by atomic mass is 16.5. The van der Waals surface area contributed by atoms with Gasteiger partial charge in [-0.1, -0.05) is 23.7 Å². The molecular weight excluding hydrogens is 266 g/mol. The van der Waals surface area contributed by atoms with Crippen LogP contribution in [0.4, 0.5) is 4.79 Å². The zero-order valence-electron chi connectivity index (χ0n) is 12.6. The number of amides is 2. The Bertz CT molecular complexity index is 650. The first-order valence-corrected chi connectivity index (χ1v) is 7.51. The molecule has 0 radical (unpaired) electrons. The number of carbonyl (C=O) groups is 1. The molecule has 1 aromatic heterocycles. The van der Waals surface area contributed by atoms with Crippen LogP contribution in [0.3, 0.4) is 0 Å². The SMILES string of the molecule is Cc1ccc2onc(CNC(=O)N3CCCC(C)C3)c2c1. The van der Waals surface area contributed by atoms with Crippen LogP contribution in [0.2, 0.25) is 0 Å². The molecule has 0 spiro atoms. The molecule has 2 amide bonds. The quantitative estimate of drug-likeness (QED) is 0.923. The van der Waals surface area contributed by atoms with Crippen molar-refractivity contribution in [1.82, 2.24) is 15.4 Å². The number of rotatable bonds is 2. The van der Waals surface area contributed by atoms with Gasteiger partial charge in [0.25, 0.3) is 0 Å². The van der Waals surface area contributed by atoms with Crippen molar-refractivity contribution in [2.75, 3.05) is 13.1 Å². The lowest BCUT2D eigenvalue weighted by atomic mass is 10.0. The third kappa shape index (κ3) is 3.01. The second kappa shape index (κ2) is 5.76. The van der Waals surface area contributed by atoms with Gasteiger partial charge >= 0.3 is 6.03 Å². The van der Waals surface area contributed by atoms with Crippen LogP contribution in [0.15, 0.2) is 22.7 Å². The lowest BCUT2D eigenvalue weighted by molar-refractivity contribution is 0.169. The molecule has 1 aromatic carbocycles. The van der Waals surface area contributed by atoms with E-state index in [1.54, 1.807) is 0 Å². The molecule has 5 heteroatoms. The van der Waals surface area contributed by atoms with Crippen molar-refractivity contribution >= 4 is 17.0 Å². The van der Waals surface area contributed by atoms with Crippen LogP contribution < -0.4 is 5.32 Å². The van der Waals surface area contributed by atoms with Crippen molar-refractivity contribution in [3.63, 3.8) is 0 Å². The van der Waals surface area contributed by atoms with Crippen LogP contribution in [0.5, 0.6) is 0 Å². The molecule has 1 aliphatic heterocycles. The Balaban J connectivity index is 1.66. The first kappa shape index (κ1) is 13.9. The number of piperidine rings is 1. The second-order valence-electron chi connectivity index (χ2n) is 5.98. The Kier molecular flexibility index (Phi) is 3.82. The summed E-state index contributed by atoms with van der Waals surface area (Å²) in [6.07, 6.45) is 2.29. The molecule has 1 N–H and O–H groups in total. The van der Waals surface area contributed by atoms with Crippen molar-refractivity contribution < 1.29 is 9.32 Å². The summed E-state index contributed by atoms with van der Waals surface area (Å²) in [7, 11) is 0. The number of nitrogens with zero attached hydrogens (tertiary/aromatic N) is 2. The average Bonchev–Trinajstić information content (AvgIpc) is 2.87. The minimum atomic E-state index is -0.00893. The normalized spacial score (nSPS) is 19.0. The summed E-state index contributed by atoms with van der Waals surface area (Å²) in [6.45, 7) is 6.30. The number of nitrogens with one attached hydrogen (secondary N) is 1. The third-order valence-corrected chi connectivity index (χ3v) is 4.05. The first-order chi connectivity index (χ1) is 10.1. The zero-order chi connectivity index (χ0) is 14.8. The number of aromatic nitrogens is 1. The molecule has 21 heavy (non-hydrogen) atoms. The molecular formula is C16H21N3O2. The molecule has 1 saturated heterocycles. The van der Waals surface area contributed by atoms with Gasteiger partial charge in [-0.15, -0.1) is 0 Å². The third-order valence-electron chi connectivity index (χ3n) is 4.05. The molecule has 1 fully saturated rings. The van der Waals surface area contributed by atoms with Gasteiger partial charge in [-0.3, -0.25) is 0 Å². The molecule has 5 nitrogen and oxygen atoms in total. The van der Waals surface area contributed by atoms with Crippen molar-refractivity contribution in [1.29, 1.82) is 0 Å². The number of aryl methyl sites for hydroxylation is 1. The molecule has 1 aliphatic rings. The van der Waals surface area contributed by atoms with Gasteiger partial charge < -0.3 is 14.7 Å². The van der Waals surface area contributed by atoms with Crippen molar-refractivity contribution in [3.05, 3.63) is 29.5 Å². The molecule has 0 bridgehead atoms. The summed E-state index contributed by atoms with van der Waals surface area (Å²) in [5.74, 6) is 0.583. The Labute approximate surface area is 124 Å². The van der Waals surface area contributed by atoms with Gasteiger partial charge in [0.05, 0.1) is 6.54 Å². The van der Waals surface area contributed by atoms with Crippen LogP contribution in [0.1, 0.15) is 31.0 Å². The minimum absolute atomic E-state index is 0.00893. The lowest BCUT2D eigenvalue weighted by Crippen LogP contribution is -2.44. The number of fused-ring (bicyclic) bond motifs is 1. The molecule has 2 aromatic rings. The number of hydrogen-bond donors (Lipinski definition) is 1. The molecule has 112 valence electrons. The summed E-state index contributed by atoms with van der Waals surface area (Å²) >= 11 is 0. The topological polar surface area (TPSA) is 58.4 Å². The maximum absolute atomic E-state index is 12.2. The van der Waals surface area contributed by atoms with Gasteiger partial charge in [-0.05, 0) is 37.8 Å². The molecule has 1 unspecified atom stereocenters. The molecule has 2 heterocycles. The van der Waals surface area contributed by atoms with E-state index in [4.69, 9.17) is 4.52 Å². The first-order valence-electron chi connectivity index (χ1n) is 7.51. The van der Waals surface area contributed by atoms with Crippen molar-refractivity contribution in [3.8, 4) is 0 Å². The van der Waals surface area contributed by atoms with E-state index in [0.717, 1.165) is 41.7 Å². The fourth-order valence-electron chi connectivity index (χ4n) is 2.87. The Hall–Kier alpha value is -2.04. The highest BCUT2D eigenvalue weighted by Crippen LogP contribution is 2.20. The summed E-state index contributed by atoms with van der Waals surface area (Å²) < 4.78 is 5.28. The summed E-state index contributed by atoms with van der Waals surface area (Å²) in [4.78, 5) is 14.1. The fraction of sp³-hybridized carbons (Fsp3) is 0.500. The van der Waals surface area contributed by atoms with E-state index in [1.165, 1.54) is 6.42 Å². The molecule has 0 aliphatic carbocycles. The van der Waals surface area contributed by atoms with Gasteiger partial charge in [0, 0.05) is 18.5 Å². The molecule has 3 rings (SSSR count). The van der Waals surface area contributed by atoms with Crippen LogP contribution >= 0.6 is 0 Å². The highest BCUT2D eigenvalue weighted by molar-refractivity contribution is 5.81. The number of carbonyl (C=O) groups excluding carboxylic acids is 1. The van der Waals surface area contributed by atoms with Gasteiger partial charge in [0.2, 0.25) is 0 Å². The maximum atomic E-state index is 12.2. The maximum Gasteiger partial charge on any atom is 0.317 e. The van der Waals surface area contributed by atoms with Crippen molar-refractivity contribution in [2.24, 2.45) is 5.92 Å². The molecule has 0 saturated carbocycles. The number of benzene rings is 1. The second-order valence-corrected chi connectivity index (χ2v) is 5.98. The fourth-order valence-corrected chi connectivity index (χ4v) is 2.87. The molecule has 1 atom stereocenters. The smallest absolute Gasteiger partial charge is 0.317 e. The number of hydrogen-bond acceptors (Lipinski definition) is 3. The van der Waals surface area contributed by atoms with E-state index in [9.17, 15) is 4.79 Å². The standard InChI is InChI=1S/C16H21N3O2/c1-11-5-6-15-13(8-11)14(18-21-15)9-17-16(20)19-7-3-4-12(2)10-19/h5-6,8,12H,3-4,7,9-10H2,1-2H3,(H,17,20). The predicted octanol–water partition coefficient (Wildman–Crippen LogP) is 3.08. The van der Waals surface area contributed by atoms with Crippen molar-refractivity contribution in [2.45, 2.75) is 33.2 Å². The Morgan fingerprint density at radius 1 is 1.52 bits per heavy atom. The van der Waals surface area contributed by atoms with Crippen LogP contribution in [0.25, 0.3) is 11.0 Å². The number of likely N-dealkylation sites (tertiary alicyclic amines) is 1. The Morgan fingerprint density at radius 3 is 3.19 bits per heavy atom. The van der Waals surface area contributed by atoms with Crippen LogP contribution in [0, 0.1) is 12.8 Å². The van der Waals surface area contributed by atoms with Gasteiger partial charge in [0.1, 0.15) is 5.69 Å². The lowest BCUT2D eigenvalue weighted by Gasteiger charge is -2.30. The average molecular weight is 287 g/mol. The highest BCUT2D eigenvalue weighted by Gasteiger charge is 2.21. The van der Waals surface area contributed by atoms with Crippen LogP contribution in [-0.4, -0.2) is 29.2 Å². The zero-order valence-corrected chi connectivity index (χ0v) is 12.6. The summed E-state index contributed by atoms with van der Waals surface area (Å²) in [6, 6.07) is 5.93. The Morgan fingerprint density at radius 2 is 2.38 bits per heavy atom. The van der Waals surface area contributed by atoms with E-state index in [1.807, 2.05) is 30.0 Å². The van der Waals surface area contributed by atoms with E-state index in [2.05, 4.69) is 17.4 Å². The summed E-state index contributed by atoms with van der Waals surface area (Å²) in [5, 5.41) is 7.99. The summed E-state index contributed by atoms with van der Waals surface area (Å²) in [5.41, 5.74) is 2.70. The van der Waals surface area contributed by atoms with Crippen LogP contribution in [-0.2, 0) is 6.54 Å². The van der Waals surface area contributed by atoms with Gasteiger partial charge in [-0.2, -0.15) is 0 Å². The van der Waals surface area contributed by atoms with Gasteiger partial charge in [-0.25, -0.2) is 4.79 Å².